The third kappa shape index (κ3) is 5.47. The zero-order chi connectivity index (χ0) is 24.5. The van der Waals surface area contributed by atoms with E-state index in [-0.39, 0.29) is 35.6 Å². The number of nitrogens with one attached hydrogen (secondary N) is 1. The molecule has 4 rings (SSSR count). The molecular formula is C28H33ClN2O3. The molecule has 1 heterocycles. The van der Waals surface area contributed by atoms with Gasteiger partial charge in [-0.05, 0) is 65.6 Å². The summed E-state index contributed by atoms with van der Waals surface area (Å²) in [5.74, 6) is 0.703. The van der Waals surface area contributed by atoms with Crippen LogP contribution in [0.15, 0.2) is 48.2 Å². The van der Waals surface area contributed by atoms with Crippen LogP contribution in [0.1, 0.15) is 64.5 Å². The Hall–Kier alpha value is -2.79. The maximum atomic E-state index is 13.5. The molecule has 1 aliphatic heterocycles. The minimum atomic E-state index is -0.333. The zero-order valence-corrected chi connectivity index (χ0v) is 21.1. The topological polar surface area (TPSA) is 58.6 Å². The second-order valence-corrected chi connectivity index (χ2v) is 10.9. The van der Waals surface area contributed by atoms with E-state index in [1.165, 1.54) is 6.42 Å². The van der Waals surface area contributed by atoms with Gasteiger partial charge in [-0.1, -0.05) is 70.3 Å². The molecular weight excluding hydrogens is 448 g/mol. The summed E-state index contributed by atoms with van der Waals surface area (Å²) < 4.78 is 6.03. The number of benzene rings is 2. The number of nitrogens with zero attached hydrogens (tertiary/aromatic N) is 1. The van der Waals surface area contributed by atoms with Gasteiger partial charge in [0, 0.05) is 11.1 Å². The van der Waals surface area contributed by atoms with E-state index in [0.717, 1.165) is 30.4 Å². The lowest BCUT2D eigenvalue weighted by Crippen LogP contribution is -2.48. The monoisotopic (exact) mass is 480 g/mol. The van der Waals surface area contributed by atoms with E-state index >= 15 is 0 Å². The molecule has 1 N–H and O–H groups in total. The van der Waals surface area contributed by atoms with Crippen molar-refractivity contribution in [2.75, 3.05) is 11.4 Å². The van der Waals surface area contributed by atoms with Crippen molar-refractivity contribution in [3.8, 4) is 5.75 Å². The van der Waals surface area contributed by atoms with Crippen molar-refractivity contribution >= 4 is 35.2 Å². The van der Waals surface area contributed by atoms with E-state index in [1.54, 1.807) is 23.1 Å². The summed E-state index contributed by atoms with van der Waals surface area (Å²) in [6, 6.07) is 13.2. The Balaban J connectivity index is 1.66. The van der Waals surface area contributed by atoms with Crippen LogP contribution in [0.2, 0.25) is 5.02 Å². The molecule has 5 nitrogen and oxygen atoms in total. The summed E-state index contributed by atoms with van der Waals surface area (Å²) in [4.78, 5) is 28.2. The van der Waals surface area contributed by atoms with Gasteiger partial charge in [0.1, 0.15) is 6.54 Å². The van der Waals surface area contributed by atoms with Gasteiger partial charge in [-0.15, -0.1) is 0 Å². The van der Waals surface area contributed by atoms with Gasteiger partial charge in [-0.2, -0.15) is 0 Å². The van der Waals surface area contributed by atoms with Crippen molar-refractivity contribution in [2.45, 2.75) is 64.8 Å². The van der Waals surface area contributed by atoms with E-state index < -0.39 is 0 Å². The number of hydrogen-bond acceptors (Lipinski definition) is 3. The SMILES string of the molecule is C[C@@H]1CCCC[C@H]1NC(=O)CN1C(=O)/C(=C\c2ccc(Cl)cc2)Oc2ccc(C(C)(C)C)cc21. The first kappa shape index (κ1) is 24.3. The molecule has 0 aromatic heterocycles. The van der Waals surface area contributed by atoms with Crippen LogP contribution in [0.5, 0.6) is 5.75 Å². The fourth-order valence-corrected chi connectivity index (χ4v) is 4.70. The maximum absolute atomic E-state index is 13.5. The normalized spacial score (nSPS) is 21.7. The van der Waals surface area contributed by atoms with E-state index in [2.05, 4.69) is 33.0 Å². The first-order valence-electron chi connectivity index (χ1n) is 12.0. The number of ether oxygens (including phenoxy) is 1. The average Bonchev–Trinajstić information content (AvgIpc) is 2.78. The molecule has 1 saturated carbocycles. The molecule has 6 heteroatoms. The molecule has 0 saturated heterocycles. The lowest BCUT2D eigenvalue weighted by Gasteiger charge is -2.33. The Labute approximate surface area is 207 Å². The Morgan fingerprint density at radius 2 is 1.85 bits per heavy atom. The first-order valence-corrected chi connectivity index (χ1v) is 12.4. The highest BCUT2D eigenvalue weighted by molar-refractivity contribution is 6.30. The number of carbonyl (C=O) groups excluding carboxylic acids is 2. The minimum Gasteiger partial charge on any atom is -0.449 e. The fourth-order valence-electron chi connectivity index (χ4n) is 4.57. The van der Waals surface area contributed by atoms with Gasteiger partial charge >= 0.3 is 0 Å². The number of hydrogen-bond donors (Lipinski definition) is 1. The highest BCUT2D eigenvalue weighted by atomic mass is 35.5. The molecule has 0 unspecified atom stereocenters. The van der Waals surface area contributed by atoms with Crippen LogP contribution in [0.25, 0.3) is 6.08 Å². The predicted molar refractivity (Wildman–Crippen MR) is 137 cm³/mol. The molecule has 2 amide bonds. The Kier molecular flexibility index (Phi) is 7.04. The molecule has 2 atom stereocenters. The molecule has 1 fully saturated rings. The Morgan fingerprint density at radius 1 is 1.15 bits per heavy atom. The highest BCUT2D eigenvalue weighted by Crippen LogP contribution is 2.39. The maximum Gasteiger partial charge on any atom is 0.294 e. The standard InChI is InChI=1S/C28H33ClN2O3/c1-18-7-5-6-8-22(18)30-26(32)17-31-23-16-20(28(2,3)4)11-14-24(23)34-25(27(31)33)15-19-9-12-21(29)13-10-19/h9-16,18,22H,5-8,17H2,1-4H3,(H,30,32)/b25-15+/t18-,22-/m1/s1. The molecule has 34 heavy (non-hydrogen) atoms. The smallest absolute Gasteiger partial charge is 0.294 e. The lowest BCUT2D eigenvalue weighted by atomic mass is 9.86. The summed E-state index contributed by atoms with van der Waals surface area (Å²) in [5, 5.41) is 3.79. The van der Waals surface area contributed by atoms with Crippen LogP contribution in [0.3, 0.4) is 0 Å². The predicted octanol–water partition coefficient (Wildman–Crippen LogP) is 6.10. The molecule has 2 aliphatic rings. The van der Waals surface area contributed by atoms with Crippen LogP contribution >= 0.6 is 11.6 Å². The molecule has 2 aromatic rings. The number of carbonyl (C=O) groups is 2. The highest BCUT2D eigenvalue weighted by Gasteiger charge is 2.34. The zero-order valence-electron chi connectivity index (χ0n) is 20.4. The second-order valence-electron chi connectivity index (χ2n) is 10.4. The summed E-state index contributed by atoms with van der Waals surface area (Å²) in [7, 11) is 0. The van der Waals surface area contributed by atoms with Gasteiger partial charge in [0.15, 0.2) is 11.5 Å². The van der Waals surface area contributed by atoms with Gasteiger partial charge < -0.3 is 10.1 Å². The fraction of sp³-hybridized carbons (Fsp3) is 0.429. The number of anilines is 1. The van der Waals surface area contributed by atoms with Crippen LogP contribution in [0.4, 0.5) is 5.69 Å². The number of rotatable bonds is 4. The number of halogens is 1. The molecule has 1 aliphatic carbocycles. The molecule has 0 bridgehead atoms. The van der Waals surface area contributed by atoms with Crippen LogP contribution in [0, 0.1) is 5.92 Å². The lowest BCUT2D eigenvalue weighted by molar-refractivity contribution is -0.124. The molecule has 0 spiro atoms. The summed E-state index contributed by atoms with van der Waals surface area (Å²) in [6.45, 7) is 8.49. The van der Waals surface area contributed by atoms with Crippen molar-refractivity contribution in [3.05, 3.63) is 64.4 Å². The van der Waals surface area contributed by atoms with Gasteiger partial charge in [0.2, 0.25) is 5.91 Å². The van der Waals surface area contributed by atoms with Crippen molar-refractivity contribution in [2.24, 2.45) is 5.92 Å². The van der Waals surface area contributed by atoms with Crippen molar-refractivity contribution in [1.29, 1.82) is 0 Å². The average molecular weight is 481 g/mol. The molecule has 180 valence electrons. The van der Waals surface area contributed by atoms with Gasteiger partial charge in [0.05, 0.1) is 5.69 Å². The van der Waals surface area contributed by atoms with Crippen LogP contribution in [-0.2, 0) is 15.0 Å². The summed E-state index contributed by atoms with van der Waals surface area (Å²) in [6.07, 6.45) is 6.12. The Morgan fingerprint density at radius 3 is 2.53 bits per heavy atom. The van der Waals surface area contributed by atoms with E-state index in [4.69, 9.17) is 16.3 Å². The van der Waals surface area contributed by atoms with Crippen LogP contribution < -0.4 is 15.0 Å². The van der Waals surface area contributed by atoms with Gasteiger partial charge in [-0.25, -0.2) is 0 Å². The largest absolute Gasteiger partial charge is 0.449 e. The van der Waals surface area contributed by atoms with E-state index in [1.807, 2.05) is 30.3 Å². The third-order valence-electron chi connectivity index (χ3n) is 6.72. The second kappa shape index (κ2) is 9.83. The molecule has 0 radical (unpaired) electrons. The summed E-state index contributed by atoms with van der Waals surface area (Å²) >= 11 is 6.00. The van der Waals surface area contributed by atoms with Crippen LogP contribution in [-0.4, -0.2) is 24.4 Å². The van der Waals surface area contributed by atoms with Gasteiger partial charge in [-0.3, -0.25) is 14.5 Å². The van der Waals surface area contributed by atoms with Crippen molar-refractivity contribution in [1.82, 2.24) is 5.32 Å². The van der Waals surface area contributed by atoms with Crippen molar-refractivity contribution < 1.29 is 14.3 Å². The van der Waals surface area contributed by atoms with Gasteiger partial charge in [0.25, 0.3) is 5.91 Å². The summed E-state index contributed by atoms with van der Waals surface area (Å²) in [5.41, 5.74) is 2.38. The quantitative estimate of drug-likeness (QED) is 0.538. The van der Waals surface area contributed by atoms with E-state index in [9.17, 15) is 9.59 Å². The van der Waals surface area contributed by atoms with Crippen molar-refractivity contribution in [3.63, 3.8) is 0 Å². The minimum absolute atomic E-state index is 0.0516. The molecule has 2 aromatic carbocycles. The first-order chi connectivity index (χ1) is 16.1. The number of amides is 2. The third-order valence-corrected chi connectivity index (χ3v) is 6.97. The van der Waals surface area contributed by atoms with E-state index in [0.29, 0.717) is 22.4 Å². The number of fused-ring (bicyclic) bond motifs is 1. The Bertz CT molecular complexity index is 1100.